The lowest BCUT2D eigenvalue weighted by Crippen LogP contribution is -2.65. The minimum absolute atomic E-state index is 0.150. The molecule has 2 heterocycles. The molecule has 8 heteroatoms. The Morgan fingerprint density at radius 3 is 2.60 bits per heavy atom. The summed E-state index contributed by atoms with van der Waals surface area (Å²) in [7, 11) is 0. The molecule has 1 aromatic heterocycles. The van der Waals surface area contributed by atoms with Crippen molar-refractivity contribution < 1.29 is 29.6 Å². The number of aliphatic hydroxyl groups excluding tert-OH is 3. The fourth-order valence-electron chi connectivity index (χ4n) is 3.13. The van der Waals surface area contributed by atoms with Gasteiger partial charge in [-0.2, -0.15) is 5.10 Å². The highest BCUT2D eigenvalue weighted by atomic mass is 19.1. The fourth-order valence-corrected chi connectivity index (χ4v) is 3.13. The minimum Gasteiger partial charge on any atom is -0.394 e. The van der Waals surface area contributed by atoms with Crippen LogP contribution in [-0.4, -0.2) is 66.8 Å². The van der Waals surface area contributed by atoms with Gasteiger partial charge in [-0.1, -0.05) is 23.7 Å². The molecule has 1 aromatic carbocycles. The zero-order valence-corrected chi connectivity index (χ0v) is 15.9. The van der Waals surface area contributed by atoms with Gasteiger partial charge in [-0.15, -0.1) is 0 Å². The van der Waals surface area contributed by atoms with E-state index in [4.69, 9.17) is 4.74 Å². The van der Waals surface area contributed by atoms with E-state index in [-0.39, 0.29) is 11.7 Å². The van der Waals surface area contributed by atoms with Crippen LogP contribution in [0.25, 0.3) is 5.69 Å². The van der Waals surface area contributed by atoms with E-state index in [0.717, 1.165) is 12.8 Å². The topological polar surface area (TPSA) is 108 Å². The maximum Gasteiger partial charge on any atom is 0.191 e. The molecule has 7 nitrogen and oxygen atoms in total. The first kappa shape index (κ1) is 20.5. The zero-order valence-electron chi connectivity index (χ0n) is 15.9. The summed E-state index contributed by atoms with van der Waals surface area (Å²) in [5.41, 5.74) is -0.973. The number of aromatic nitrogens is 2. The summed E-state index contributed by atoms with van der Waals surface area (Å²) >= 11 is 0. The van der Waals surface area contributed by atoms with Gasteiger partial charge in [-0.25, -0.2) is 9.07 Å². The van der Waals surface area contributed by atoms with Crippen LogP contribution in [-0.2, 0) is 4.74 Å². The third-order valence-corrected chi connectivity index (χ3v) is 5.12. The molecule has 1 aliphatic carbocycles. The van der Waals surface area contributed by atoms with E-state index < -0.39 is 36.6 Å². The van der Waals surface area contributed by atoms with Gasteiger partial charge < -0.3 is 25.2 Å². The Hall–Kier alpha value is -2.72. The molecule has 4 N–H and O–H groups in total. The second-order valence-corrected chi connectivity index (χ2v) is 7.46. The van der Waals surface area contributed by atoms with Gasteiger partial charge in [-0.05, 0) is 37.1 Å². The number of hydrogen-bond donors (Lipinski definition) is 4. The van der Waals surface area contributed by atoms with Gasteiger partial charge >= 0.3 is 0 Å². The molecule has 5 atom stereocenters. The lowest BCUT2D eigenvalue weighted by molar-refractivity contribution is -0.239. The Labute approximate surface area is 172 Å². The van der Waals surface area contributed by atoms with Crippen molar-refractivity contribution in [3.63, 3.8) is 0 Å². The van der Waals surface area contributed by atoms with Crippen LogP contribution >= 0.6 is 0 Å². The molecule has 1 saturated heterocycles. The largest absolute Gasteiger partial charge is 0.394 e. The summed E-state index contributed by atoms with van der Waals surface area (Å²) in [6.07, 6.45) is -0.585. The van der Waals surface area contributed by atoms with Crippen LogP contribution in [0.1, 0.15) is 18.4 Å². The van der Waals surface area contributed by atoms with Crippen molar-refractivity contribution >= 4 is 0 Å². The van der Waals surface area contributed by atoms with Crippen molar-refractivity contribution in [2.45, 2.75) is 42.9 Å². The summed E-state index contributed by atoms with van der Waals surface area (Å²) in [4.78, 5) is 0. The predicted octanol–water partition coefficient (Wildman–Crippen LogP) is -0.0111. The van der Waals surface area contributed by atoms with Gasteiger partial charge in [0.25, 0.3) is 0 Å². The molecular formula is C22H21FN2O5. The summed E-state index contributed by atoms with van der Waals surface area (Å²) in [5.74, 6) is 10.9. The number of rotatable bonds is 2. The summed E-state index contributed by atoms with van der Waals surface area (Å²) in [6, 6.07) is 5.77. The first-order valence-corrected chi connectivity index (χ1v) is 9.60. The molecule has 0 bridgehead atoms. The maximum atomic E-state index is 13.1. The van der Waals surface area contributed by atoms with Crippen molar-refractivity contribution in [2.75, 3.05) is 6.61 Å². The van der Waals surface area contributed by atoms with Crippen molar-refractivity contribution in [1.29, 1.82) is 0 Å². The van der Waals surface area contributed by atoms with Crippen molar-refractivity contribution in [3.05, 3.63) is 48.0 Å². The number of benzene rings is 1. The molecule has 0 radical (unpaired) electrons. The molecule has 4 rings (SSSR count). The van der Waals surface area contributed by atoms with Crippen molar-refractivity contribution in [2.24, 2.45) is 5.92 Å². The second-order valence-electron chi connectivity index (χ2n) is 7.46. The summed E-state index contributed by atoms with van der Waals surface area (Å²) in [5, 5.41) is 45.2. The Morgan fingerprint density at radius 1 is 1.20 bits per heavy atom. The maximum absolute atomic E-state index is 13.1. The van der Waals surface area contributed by atoms with Crippen LogP contribution < -0.4 is 0 Å². The molecule has 0 amide bonds. The van der Waals surface area contributed by atoms with Crippen LogP contribution in [0, 0.1) is 35.4 Å². The molecule has 1 saturated carbocycles. The van der Waals surface area contributed by atoms with E-state index in [1.54, 1.807) is 18.3 Å². The predicted molar refractivity (Wildman–Crippen MR) is 104 cm³/mol. The third kappa shape index (κ3) is 4.10. The summed E-state index contributed by atoms with van der Waals surface area (Å²) in [6.45, 7) is -0.551. The molecular weight excluding hydrogens is 391 g/mol. The van der Waals surface area contributed by atoms with E-state index in [1.165, 1.54) is 23.0 Å². The highest BCUT2D eigenvalue weighted by Gasteiger charge is 2.53. The molecule has 0 unspecified atom stereocenters. The number of ether oxygens (including phenoxy) is 1. The average molecular weight is 412 g/mol. The van der Waals surface area contributed by atoms with Crippen LogP contribution in [0.2, 0.25) is 0 Å². The van der Waals surface area contributed by atoms with Gasteiger partial charge in [0, 0.05) is 12.1 Å². The molecule has 30 heavy (non-hydrogen) atoms. The van der Waals surface area contributed by atoms with Crippen molar-refractivity contribution in [1.82, 2.24) is 9.78 Å². The Balaban J connectivity index is 1.61. The van der Waals surface area contributed by atoms with E-state index >= 15 is 0 Å². The molecule has 2 fully saturated rings. The van der Waals surface area contributed by atoms with E-state index in [0.29, 0.717) is 11.3 Å². The lowest BCUT2D eigenvalue weighted by Gasteiger charge is -2.43. The monoisotopic (exact) mass is 412 g/mol. The SMILES string of the molecule is OC[C@H]1O[C@H](C#Cc2cnn(-c3ccc(F)cc3)c2)[C@](O)(C#CC2CC2)[C@@H](O)[C@@H]1O. The zero-order chi connectivity index (χ0) is 21.3. The van der Waals surface area contributed by atoms with E-state index in [2.05, 4.69) is 28.8 Å². The molecule has 2 aliphatic rings. The Morgan fingerprint density at radius 2 is 1.93 bits per heavy atom. The smallest absolute Gasteiger partial charge is 0.191 e. The average Bonchev–Trinajstić information content (AvgIpc) is 3.47. The molecule has 156 valence electrons. The summed E-state index contributed by atoms with van der Waals surface area (Å²) < 4.78 is 20.2. The van der Waals surface area contributed by atoms with E-state index in [1.807, 2.05) is 0 Å². The van der Waals surface area contributed by atoms with E-state index in [9.17, 15) is 24.8 Å². The molecule has 2 aromatic rings. The Bertz CT molecular complexity index is 1030. The first-order chi connectivity index (χ1) is 14.4. The first-order valence-electron chi connectivity index (χ1n) is 9.60. The van der Waals surface area contributed by atoms with Crippen LogP contribution in [0.5, 0.6) is 0 Å². The second kappa shape index (κ2) is 8.19. The van der Waals surface area contributed by atoms with Gasteiger partial charge in [-0.3, -0.25) is 0 Å². The standard InChI is InChI=1S/C22H21FN2O5/c23-16-4-6-17(7-5-16)25-12-15(11-24-25)3-8-19-22(29,10-9-14-1-2-14)21(28)20(27)18(13-26)30-19/h4-7,11-12,14,18-21,26-29H,1-2,13H2/t18-,19-,20-,21+,22-/m1/s1. The quantitative estimate of drug-likeness (QED) is 0.517. The minimum atomic E-state index is -2.10. The van der Waals surface area contributed by atoms with Gasteiger partial charge in [0.1, 0.15) is 24.1 Å². The highest BCUT2D eigenvalue weighted by Crippen LogP contribution is 2.32. The molecule has 1 aliphatic heterocycles. The number of halogens is 1. The normalized spacial score (nSPS) is 30.7. The van der Waals surface area contributed by atoms with Gasteiger partial charge in [0.15, 0.2) is 11.7 Å². The van der Waals surface area contributed by atoms with Crippen LogP contribution in [0.15, 0.2) is 36.7 Å². The number of aliphatic hydroxyl groups is 4. The van der Waals surface area contributed by atoms with Crippen LogP contribution in [0.4, 0.5) is 4.39 Å². The third-order valence-electron chi connectivity index (χ3n) is 5.12. The number of hydrogen-bond acceptors (Lipinski definition) is 6. The van der Waals surface area contributed by atoms with Crippen molar-refractivity contribution in [3.8, 4) is 29.4 Å². The van der Waals surface area contributed by atoms with Crippen LogP contribution in [0.3, 0.4) is 0 Å². The van der Waals surface area contributed by atoms with Gasteiger partial charge in [0.2, 0.25) is 0 Å². The highest BCUT2D eigenvalue weighted by molar-refractivity contribution is 5.39. The van der Waals surface area contributed by atoms with Gasteiger partial charge in [0.05, 0.1) is 24.1 Å². The molecule has 0 spiro atoms. The Kier molecular flexibility index (Phi) is 5.61. The number of nitrogens with zero attached hydrogens (tertiary/aromatic N) is 2. The lowest BCUT2D eigenvalue weighted by atomic mass is 9.82. The fraction of sp³-hybridized carbons (Fsp3) is 0.409.